The van der Waals surface area contributed by atoms with Gasteiger partial charge in [0, 0.05) is 12.1 Å². The highest BCUT2D eigenvalue weighted by Crippen LogP contribution is 2.15. The second-order valence-electron chi connectivity index (χ2n) is 4.47. The van der Waals surface area contributed by atoms with Crippen LogP contribution in [-0.2, 0) is 4.79 Å². The van der Waals surface area contributed by atoms with Crippen LogP contribution >= 0.6 is 12.4 Å². The maximum absolute atomic E-state index is 12.1. The Labute approximate surface area is 117 Å². The molecular formula is C12H16ClN5O. The zero-order valence-electron chi connectivity index (χ0n) is 10.4. The van der Waals surface area contributed by atoms with Crippen molar-refractivity contribution in [2.24, 2.45) is 5.92 Å². The number of hydrogen-bond donors (Lipinski definition) is 2. The highest BCUT2D eigenvalue weighted by molar-refractivity contribution is 5.91. The van der Waals surface area contributed by atoms with Gasteiger partial charge in [0.2, 0.25) is 11.9 Å². The molecule has 0 unspecified atom stereocenters. The van der Waals surface area contributed by atoms with Crippen LogP contribution in [0.25, 0.3) is 5.65 Å². The Hall–Kier alpha value is -1.66. The van der Waals surface area contributed by atoms with Gasteiger partial charge in [0.05, 0.1) is 0 Å². The molecule has 3 rings (SSSR count). The Balaban J connectivity index is 0.00000133. The summed E-state index contributed by atoms with van der Waals surface area (Å²) in [5.41, 5.74) is 0.734. The van der Waals surface area contributed by atoms with Gasteiger partial charge in [-0.2, -0.15) is 0 Å². The normalized spacial score (nSPS) is 16.0. The van der Waals surface area contributed by atoms with Gasteiger partial charge in [-0.05, 0) is 38.1 Å². The van der Waals surface area contributed by atoms with Crippen LogP contribution in [0.2, 0.25) is 0 Å². The molecule has 1 aliphatic rings. The van der Waals surface area contributed by atoms with Crippen LogP contribution in [0.3, 0.4) is 0 Å². The fraction of sp³-hybridized carbons (Fsp3) is 0.417. The first-order valence-corrected chi connectivity index (χ1v) is 6.16. The van der Waals surface area contributed by atoms with Crippen LogP contribution in [0.5, 0.6) is 0 Å². The van der Waals surface area contributed by atoms with Crippen LogP contribution in [-0.4, -0.2) is 33.6 Å². The van der Waals surface area contributed by atoms with Crippen molar-refractivity contribution in [2.45, 2.75) is 12.8 Å². The number of carbonyl (C=O) groups excluding carboxylic acids is 1. The maximum atomic E-state index is 12.1. The molecule has 0 bridgehead atoms. The molecule has 7 heteroatoms. The van der Waals surface area contributed by atoms with Gasteiger partial charge < -0.3 is 5.32 Å². The van der Waals surface area contributed by atoms with E-state index in [9.17, 15) is 4.79 Å². The van der Waals surface area contributed by atoms with E-state index in [0.29, 0.717) is 5.95 Å². The highest BCUT2D eigenvalue weighted by Gasteiger charge is 2.22. The molecule has 2 aromatic rings. The molecule has 2 aromatic heterocycles. The molecule has 1 saturated heterocycles. The lowest BCUT2D eigenvalue weighted by Crippen LogP contribution is -2.34. The Kier molecular flexibility index (Phi) is 4.34. The van der Waals surface area contributed by atoms with Gasteiger partial charge in [-0.25, -0.2) is 0 Å². The minimum Gasteiger partial charge on any atom is -0.317 e. The fourth-order valence-electron chi connectivity index (χ4n) is 2.22. The van der Waals surface area contributed by atoms with E-state index in [-0.39, 0.29) is 24.2 Å². The van der Waals surface area contributed by atoms with E-state index in [1.807, 2.05) is 24.4 Å². The zero-order chi connectivity index (χ0) is 12.4. The van der Waals surface area contributed by atoms with Crippen LogP contribution in [0, 0.1) is 5.92 Å². The quantitative estimate of drug-likeness (QED) is 0.864. The predicted octanol–water partition coefficient (Wildman–Crippen LogP) is 1.09. The number of aromatic nitrogens is 3. The summed E-state index contributed by atoms with van der Waals surface area (Å²) in [6.07, 6.45) is 3.60. The summed E-state index contributed by atoms with van der Waals surface area (Å²) in [5, 5.41) is 14.1. The first-order chi connectivity index (χ1) is 8.84. The lowest BCUT2D eigenvalue weighted by Gasteiger charge is -2.21. The number of hydrogen-bond acceptors (Lipinski definition) is 4. The molecule has 19 heavy (non-hydrogen) atoms. The van der Waals surface area contributed by atoms with Crippen molar-refractivity contribution >= 4 is 29.9 Å². The summed E-state index contributed by atoms with van der Waals surface area (Å²) in [4.78, 5) is 12.1. The van der Waals surface area contributed by atoms with E-state index in [4.69, 9.17) is 0 Å². The first kappa shape index (κ1) is 13.8. The lowest BCUT2D eigenvalue weighted by molar-refractivity contribution is -0.120. The van der Waals surface area contributed by atoms with Crippen molar-refractivity contribution in [1.82, 2.24) is 19.9 Å². The lowest BCUT2D eigenvalue weighted by atomic mass is 9.97. The van der Waals surface area contributed by atoms with Crippen LogP contribution in [0.15, 0.2) is 24.4 Å². The molecule has 6 nitrogen and oxygen atoms in total. The summed E-state index contributed by atoms with van der Waals surface area (Å²) in [5.74, 6) is 0.603. The average molecular weight is 282 g/mol. The van der Waals surface area contributed by atoms with Crippen LogP contribution in [0.1, 0.15) is 12.8 Å². The third-order valence-corrected chi connectivity index (χ3v) is 3.26. The molecule has 1 amide bonds. The van der Waals surface area contributed by atoms with Gasteiger partial charge >= 0.3 is 0 Å². The van der Waals surface area contributed by atoms with E-state index in [1.54, 1.807) is 4.40 Å². The SMILES string of the molecule is Cl.O=C(Nc1nnc2ccccn12)C1CCNCC1. The van der Waals surface area contributed by atoms with E-state index in [1.165, 1.54) is 0 Å². The third kappa shape index (κ3) is 2.85. The summed E-state index contributed by atoms with van der Waals surface area (Å²) in [7, 11) is 0. The molecule has 2 N–H and O–H groups in total. The molecule has 1 fully saturated rings. The number of nitrogens with zero attached hydrogens (tertiary/aromatic N) is 3. The van der Waals surface area contributed by atoms with Gasteiger partial charge in [0.25, 0.3) is 0 Å². The first-order valence-electron chi connectivity index (χ1n) is 6.16. The van der Waals surface area contributed by atoms with Crippen LogP contribution < -0.4 is 10.6 Å². The van der Waals surface area contributed by atoms with Crippen molar-refractivity contribution < 1.29 is 4.79 Å². The van der Waals surface area contributed by atoms with E-state index < -0.39 is 0 Å². The molecule has 0 saturated carbocycles. The molecule has 1 aliphatic heterocycles. The molecule has 3 heterocycles. The second kappa shape index (κ2) is 5.99. The van der Waals surface area contributed by atoms with Crippen molar-refractivity contribution in [2.75, 3.05) is 18.4 Å². The van der Waals surface area contributed by atoms with Gasteiger partial charge in [-0.15, -0.1) is 22.6 Å². The van der Waals surface area contributed by atoms with Gasteiger partial charge in [-0.1, -0.05) is 6.07 Å². The molecule has 0 spiro atoms. The standard InChI is InChI=1S/C12H15N5O.ClH/c18-11(9-4-6-13-7-5-9)14-12-16-15-10-3-1-2-8-17(10)12;/h1-3,8-9,13H,4-7H2,(H,14,16,18);1H. The van der Waals surface area contributed by atoms with Gasteiger partial charge in [-0.3, -0.25) is 14.5 Å². The van der Waals surface area contributed by atoms with Crippen molar-refractivity contribution in [3.05, 3.63) is 24.4 Å². The number of amides is 1. The maximum Gasteiger partial charge on any atom is 0.235 e. The molecule has 0 atom stereocenters. The number of fused-ring (bicyclic) bond motifs is 1. The van der Waals surface area contributed by atoms with Crippen molar-refractivity contribution in [3.63, 3.8) is 0 Å². The minimum absolute atomic E-state index is 0. The molecule has 0 aliphatic carbocycles. The molecular weight excluding hydrogens is 266 g/mol. The molecule has 102 valence electrons. The monoisotopic (exact) mass is 281 g/mol. The number of pyridine rings is 1. The van der Waals surface area contributed by atoms with Gasteiger partial charge in [0.15, 0.2) is 5.65 Å². The number of carbonyl (C=O) groups is 1. The van der Waals surface area contributed by atoms with E-state index in [2.05, 4.69) is 20.8 Å². The zero-order valence-corrected chi connectivity index (χ0v) is 11.2. The van der Waals surface area contributed by atoms with Crippen molar-refractivity contribution in [3.8, 4) is 0 Å². The van der Waals surface area contributed by atoms with Gasteiger partial charge in [0.1, 0.15) is 0 Å². The predicted molar refractivity (Wildman–Crippen MR) is 74.5 cm³/mol. The van der Waals surface area contributed by atoms with E-state index >= 15 is 0 Å². The highest BCUT2D eigenvalue weighted by atomic mass is 35.5. The third-order valence-electron chi connectivity index (χ3n) is 3.26. The summed E-state index contributed by atoms with van der Waals surface area (Å²) < 4.78 is 1.78. The minimum atomic E-state index is 0. The molecule has 0 radical (unpaired) electrons. The topological polar surface area (TPSA) is 71.3 Å². The summed E-state index contributed by atoms with van der Waals surface area (Å²) in [6, 6.07) is 5.63. The second-order valence-corrected chi connectivity index (χ2v) is 4.47. The summed E-state index contributed by atoms with van der Waals surface area (Å²) >= 11 is 0. The number of rotatable bonds is 2. The number of nitrogens with one attached hydrogen (secondary N) is 2. The average Bonchev–Trinajstić information content (AvgIpc) is 2.83. The van der Waals surface area contributed by atoms with Crippen LogP contribution in [0.4, 0.5) is 5.95 Å². The number of anilines is 1. The Morgan fingerprint density at radius 2 is 2.11 bits per heavy atom. The summed E-state index contributed by atoms with van der Waals surface area (Å²) in [6.45, 7) is 1.80. The smallest absolute Gasteiger partial charge is 0.235 e. The molecule has 0 aromatic carbocycles. The Bertz CT molecular complexity index is 564. The number of halogens is 1. The fourth-order valence-corrected chi connectivity index (χ4v) is 2.22. The Morgan fingerprint density at radius 3 is 2.89 bits per heavy atom. The van der Waals surface area contributed by atoms with E-state index in [0.717, 1.165) is 31.6 Å². The Morgan fingerprint density at radius 1 is 1.32 bits per heavy atom. The number of piperidine rings is 1. The largest absolute Gasteiger partial charge is 0.317 e. The van der Waals surface area contributed by atoms with Crippen molar-refractivity contribution in [1.29, 1.82) is 0 Å².